The SMILES string of the molecule is CC(C)CCN(C(=O)c1cc(Cl)ccc1N)C1CC1. The number of rotatable bonds is 5. The van der Waals surface area contributed by atoms with Gasteiger partial charge >= 0.3 is 0 Å². The maximum atomic E-state index is 12.6. The zero-order valence-electron chi connectivity index (χ0n) is 11.5. The number of nitrogens with two attached hydrogens (primary N) is 1. The lowest BCUT2D eigenvalue weighted by molar-refractivity contribution is 0.0736. The van der Waals surface area contributed by atoms with E-state index in [1.165, 1.54) is 0 Å². The van der Waals surface area contributed by atoms with E-state index in [4.69, 9.17) is 17.3 Å². The van der Waals surface area contributed by atoms with Crippen molar-refractivity contribution in [2.75, 3.05) is 12.3 Å². The molecule has 19 heavy (non-hydrogen) atoms. The highest BCUT2D eigenvalue weighted by molar-refractivity contribution is 6.31. The summed E-state index contributed by atoms with van der Waals surface area (Å²) in [6.45, 7) is 5.14. The number of anilines is 1. The van der Waals surface area contributed by atoms with Crippen molar-refractivity contribution in [2.24, 2.45) is 5.92 Å². The molecule has 0 bridgehead atoms. The molecule has 0 spiro atoms. The monoisotopic (exact) mass is 280 g/mol. The van der Waals surface area contributed by atoms with E-state index in [-0.39, 0.29) is 5.91 Å². The second kappa shape index (κ2) is 5.83. The molecule has 3 nitrogen and oxygen atoms in total. The third kappa shape index (κ3) is 3.63. The van der Waals surface area contributed by atoms with Gasteiger partial charge < -0.3 is 10.6 Å². The Hall–Kier alpha value is -1.22. The summed E-state index contributed by atoms with van der Waals surface area (Å²) in [7, 11) is 0. The number of nitrogen functional groups attached to an aromatic ring is 1. The molecule has 0 saturated heterocycles. The molecule has 2 N–H and O–H groups in total. The lowest BCUT2D eigenvalue weighted by atomic mass is 10.1. The summed E-state index contributed by atoms with van der Waals surface area (Å²) in [6, 6.07) is 5.47. The van der Waals surface area contributed by atoms with E-state index in [0.29, 0.717) is 28.2 Å². The fourth-order valence-electron chi connectivity index (χ4n) is 2.10. The second-order valence-electron chi connectivity index (χ2n) is 5.64. The summed E-state index contributed by atoms with van der Waals surface area (Å²) in [6.07, 6.45) is 3.22. The predicted octanol–water partition coefficient (Wildman–Crippen LogP) is 3.57. The Balaban J connectivity index is 2.16. The van der Waals surface area contributed by atoms with Crippen molar-refractivity contribution in [3.05, 3.63) is 28.8 Å². The van der Waals surface area contributed by atoms with Crippen LogP contribution < -0.4 is 5.73 Å². The van der Waals surface area contributed by atoms with E-state index >= 15 is 0 Å². The molecule has 1 aliphatic rings. The molecule has 0 unspecified atom stereocenters. The van der Waals surface area contributed by atoms with E-state index in [0.717, 1.165) is 25.8 Å². The zero-order valence-corrected chi connectivity index (χ0v) is 12.3. The van der Waals surface area contributed by atoms with Gasteiger partial charge in [0.15, 0.2) is 0 Å². The Morgan fingerprint density at radius 2 is 2.16 bits per heavy atom. The Bertz CT molecular complexity index is 469. The first-order valence-corrected chi connectivity index (χ1v) is 7.23. The molecule has 1 aliphatic carbocycles. The molecule has 1 aromatic rings. The van der Waals surface area contributed by atoms with Crippen molar-refractivity contribution < 1.29 is 4.79 Å². The predicted molar refractivity (Wildman–Crippen MR) is 79.4 cm³/mol. The van der Waals surface area contributed by atoms with Gasteiger partial charge in [0.05, 0.1) is 5.56 Å². The highest BCUT2D eigenvalue weighted by Gasteiger charge is 2.33. The smallest absolute Gasteiger partial charge is 0.256 e. The van der Waals surface area contributed by atoms with E-state index in [2.05, 4.69) is 13.8 Å². The van der Waals surface area contributed by atoms with Crippen molar-refractivity contribution in [3.8, 4) is 0 Å². The molecule has 4 heteroatoms. The minimum atomic E-state index is 0.0168. The number of benzene rings is 1. The Morgan fingerprint density at radius 3 is 2.74 bits per heavy atom. The van der Waals surface area contributed by atoms with Gasteiger partial charge in [-0.15, -0.1) is 0 Å². The summed E-state index contributed by atoms with van der Waals surface area (Å²) in [4.78, 5) is 14.6. The number of halogens is 1. The van der Waals surface area contributed by atoms with E-state index in [9.17, 15) is 4.79 Å². The van der Waals surface area contributed by atoms with Crippen molar-refractivity contribution >= 4 is 23.2 Å². The van der Waals surface area contributed by atoms with Crippen LogP contribution in [0.4, 0.5) is 5.69 Å². The molecule has 2 rings (SSSR count). The van der Waals surface area contributed by atoms with Gasteiger partial charge in [-0.25, -0.2) is 0 Å². The molecule has 1 amide bonds. The summed E-state index contributed by atoms with van der Waals surface area (Å²) < 4.78 is 0. The molecule has 0 heterocycles. The average Bonchev–Trinajstić information content (AvgIpc) is 3.16. The van der Waals surface area contributed by atoms with Crippen LogP contribution >= 0.6 is 11.6 Å². The Kier molecular flexibility index (Phi) is 4.35. The van der Waals surface area contributed by atoms with Crippen LogP contribution in [0.3, 0.4) is 0 Å². The molecule has 0 aliphatic heterocycles. The van der Waals surface area contributed by atoms with Gasteiger partial charge in [-0.1, -0.05) is 25.4 Å². The molecule has 0 radical (unpaired) electrons. The van der Waals surface area contributed by atoms with Crippen LogP contribution in [0.5, 0.6) is 0 Å². The highest BCUT2D eigenvalue weighted by atomic mass is 35.5. The summed E-state index contributed by atoms with van der Waals surface area (Å²) in [5.41, 5.74) is 6.93. The first-order valence-electron chi connectivity index (χ1n) is 6.85. The number of amides is 1. The van der Waals surface area contributed by atoms with Crippen LogP contribution in [0.1, 0.15) is 43.5 Å². The summed E-state index contributed by atoms with van der Waals surface area (Å²) in [5, 5.41) is 0.553. The lowest BCUT2D eigenvalue weighted by Gasteiger charge is -2.24. The molecular formula is C15H21ClN2O. The molecule has 1 fully saturated rings. The largest absolute Gasteiger partial charge is 0.398 e. The van der Waals surface area contributed by atoms with Gasteiger partial charge in [0.1, 0.15) is 0 Å². The van der Waals surface area contributed by atoms with E-state index < -0.39 is 0 Å². The first-order chi connectivity index (χ1) is 8.99. The van der Waals surface area contributed by atoms with Gasteiger partial charge in [-0.3, -0.25) is 4.79 Å². The summed E-state index contributed by atoms with van der Waals surface area (Å²) >= 11 is 5.96. The fraction of sp³-hybridized carbons (Fsp3) is 0.533. The van der Waals surface area contributed by atoms with Gasteiger partial charge in [0.2, 0.25) is 0 Å². The minimum absolute atomic E-state index is 0.0168. The number of nitrogens with zero attached hydrogens (tertiary/aromatic N) is 1. The van der Waals surface area contributed by atoms with Gasteiger partial charge in [-0.2, -0.15) is 0 Å². The lowest BCUT2D eigenvalue weighted by Crippen LogP contribution is -2.35. The quantitative estimate of drug-likeness (QED) is 0.838. The third-order valence-electron chi connectivity index (χ3n) is 3.44. The van der Waals surface area contributed by atoms with Crippen LogP contribution in [0.25, 0.3) is 0 Å². The topological polar surface area (TPSA) is 46.3 Å². The van der Waals surface area contributed by atoms with E-state index in [1.807, 2.05) is 4.90 Å². The van der Waals surface area contributed by atoms with Gasteiger partial charge in [0.25, 0.3) is 5.91 Å². The van der Waals surface area contributed by atoms with Gasteiger partial charge in [0, 0.05) is 23.3 Å². The van der Waals surface area contributed by atoms with Crippen molar-refractivity contribution in [2.45, 2.75) is 39.2 Å². The van der Waals surface area contributed by atoms with Crippen molar-refractivity contribution in [1.29, 1.82) is 0 Å². The second-order valence-corrected chi connectivity index (χ2v) is 6.08. The minimum Gasteiger partial charge on any atom is -0.398 e. The van der Waals surface area contributed by atoms with Crippen LogP contribution in [0, 0.1) is 5.92 Å². The van der Waals surface area contributed by atoms with Crippen LogP contribution in [0.15, 0.2) is 18.2 Å². The number of carbonyl (C=O) groups excluding carboxylic acids is 1. The van der Waals surface area contributed by atoms with Crippen LogP contribution in [-0.2, 0) is 0 Å². The highest BCUT2D eigenvalue weighted by Crippen LogP contribution is 2.30. The van der Waals surface area contributed by atoms with Crippen LogP contribution in [-0.4, -0.2) is 23.4 Å². The number of carbonyl (C=O) groups is 1. The third-order valence-corrected chi connectivity index (χ3v) is 3.68. The van der Waals surface area contributed by atoms with E-state index in [1.54, 1.807) is 18.2 Å². The maximum absolute atomic E-state index is 12.6. The Morgan fingerprint density at radius 1 is 1.47 bits per heavy atom. The van der Waals surface area contributed by atoms with Crippen molar-refractivity contribution in [1.82, 2.24) is 4.90 Å². The zero-order chi connectivity index (χ0) is 14.0. The summed E-state index contributed by atoms with van der Waals surface area (Å²) in [5.74, 6) is 0.605. The Labute approximate surface area is 119 Å². The molecular weight excluding hydrogens is 260 g/mol. The molecule has 1 aromatic carbocycles. The van der Waals surface area contributed by atoms with Crippen LogP contribution in [0.2, 0.25) is 5.02 Å². The fourth-order valence-corrected chi connectivity index (χ4v) is 2.27. The number of hydrogen-bond acceptors (Lipinski definition) is 2. The van der Waals surface area contributed by atoms with Crippen molar-refractivity contribution in [3.63, 3.8) is 0 Å². The average molecular weight is 281 g/mol. The van der Waals surface area contributed by atoms with Gasteiger partial charge in [-0.05, 0) is 43.4 Å². The molecule has 104 valence electrons. The molecule has 0 aromatic heterocycles. The number of hydrogen-bond donors (Lipinski definition) is 1. The maximum Gasteiger partial charge on any atom is 0.256 e. The molecule has 1 saturated carbocycles. The standard InChI is InChI=1S/C15H21ClN2O/c1-10(2)7-8-18(12-4-5-12)15(19)13-9-11(16)3-6-14(13)17/h3,6,9-10,12H,4-5,7-8,17H2,1-2H3. The first kappa shape index (κ1) is 14.2. The molecule has 0 atom stereocenters. The normalized spacial score (nSPS) is 14.7.